The van der Waals surface area contributed by atoms with Crippen molar-refractivity contribution in [2.45, 2.75) is 43.3 Å². The van der Waals surface area contributed by atoms with E-state index in [9.17, 15) is 4.79 Å². The summed E-state index contributed by atoms with van der Waals surface area (Å²) in [5.74, 6) is 0.978. The predicted octanol–water partition coefficient (Wildman–Crippen LogP) is 1.44. The summed E-state index contributed by atoms with van der Waals surface area (Å²) < 4.78 is 4.39. The summed E-state index contributed by atoms with van der Waals surface area (Å²) in [6.07, 6.45) is 4.59. The number of benzene rings is 1. The highest BCUT2D eigenvalue weighted by molar-refractivity contribution is 9.09. The molecule has 0 saturated carbocycles. The molecule has 27 heavy (non-hydrogen) atoms. The number of aryl methyl sites for hydroxylation is 2. The van der Waals surface area contributed by atoms with Crippen LogP contribution in [0.15, 0.2) is 40.3 Å². The van der Waals surface area contributed by atoms with Crippen LogP contribution >= 0.6 is 39.0 Å². The molecule has 3 nitrogen and oxygen atoms in total. The van der Waals surface area contributed by atoms with E-state index in [1.54, 1.807) is 11.8 Å². The Morgan fingerprint density at radius 2 is 1.96 bits per heavy atom. The first-order valence-electron chi connectivity index (χ1n) is 9.04. The van der Waals surface area contributed by atoms with Gasteiger partial charge in [0.2, 0.25) is 0 Å². The second kappa shape index (κ2) is 7.32. The highest BCUT2D eigenvalue weighted by Gasteiger charge is 2.46. The number of hydrogen-bond acceptors (Lipinski definition) is 3. The predicted molar refractivity (Wildman–Crippen MR) is 112 cm³/mol. The van der Waals surface area contributed by atoms with E-state index in [2.05, 4.69) is 27.4 Å². The van der Waals surface area contributed by atoms with Gasteiger partial charge in [0.05, 0.1) is 0 Å². The summed E-state index contributed by atoms with van der Waals surface area (Å²) in [5, 5.41) is 2.91. The zero-order valence-electron chi connectivity index (χ0n) is 15.0. The molecular weight excluding hydrogens is 508 g/mol. The minimum Gasteiger partial charge on any atom is -1.00 e. The van der Waals surface area contributed by atoms with Crippen LogP contribution in [0, 0.1) is 0 Å². The fourth-order valence-electron chi connectivity index (χ4n) is 4.11. The molecule has 1 unspecified atom stereocenters. The Bertz CT molecular complexity index is 1080. The fourth-order valence-corrected chi connectivity index (χ4v) is 7.82. The molecule has 0 N–H and O–H groups in total. The number of nitrogens with zero attached hydrogens (tertiary/aromatic N) is 2. The van der Waals surface area contributed by atoms with Gasteiger partial charge in [0.1, 0.15) is 16.6 Å². The van der Waals surface area contributed by atoms with Crippen LogP contribution in [0.3, 0.4) is 0 Å². The molecule has 0 bridgehead atoms. The molecule has 0 radical (unpaired) electrons. The highest BCUT2D eigenvalue weighted by Crippen LogP contribution is 2.39. The zero-order chi connectivity index (χ0) is 17.9. The van der Waals surface area contributed by atoms with Crippen LogP contribution in [-0.2, 0) is 18.4 Å². The van der Waals surface area contributed by atoms with Gasteiger partial charge in [-0.3, -0.25) is 0 Å². The van der Waals surface area contributed by atoms with Gasteiger partial charge < -0.3 is 17.0 Å². The largest absolute Gasteiger partial charge is 1.00 e. The van der Waals surface area contributed by atoms with E-state index in [1.807, 2.05) is 46.2 Å². The molecule has 0 fully saturated rings. The van der Waals surface area contributed by atoms with Gasteiger partial charge in [-0.05, 0) is 62.1 Å². The lowest BCUT2D eigenvalue weighted by molar-refractivity contribution is -0.758. The van der Waals surface area contributed by atoms with Gasteiger partial charge >= 0.3 is 10.7 Å². The Morgan fingerprint density at radius 3 is 2.70 bits per heavy atom. The summed E-state index contributed by atoms with van der Waals surface area (Å²) in [6.45, 7) is 2.29. The maximum absolute atomic E-state index is 13.7. The summed E-state index contributed by atoms with van der Waals surface area (Å²) in [6, 6.07) is 10.1. The quantitative estimate of drug-likeness (QED) is 0.286. The number of rotatable bonds is 2. The van der Waals surface area contributed by atoms with E-state index in [4.69, 9.17) is 0 Å². The van der Waals surface area contributed by atoms with Gasteiger partial charge in [0.15, 0.2) is 4.83 Å². The number of aromatic nitrogens is 2. The molecule has 1 aromatic carbocycles. The Labute approximate surface area is 185 Å². The number of para-hydroxylation sites is 1. The molecule has 5 rings (SSSR count). The molecule has 3 heterocycles. The third-order valence-corrected chi connectivity index (χ3v) is 9.38. The van der Waals surface area contributed by atoms with Gasteiger partial charge in [0, 0.05) is 16.0 Å². The first-order valence-corrected chi connectivity index (χ1v) is 12.0. The third kappa shape index (κ3) is 2.88. The summed E-state index contributed by atoms with van der Waals surface area (Å²) in [4.78, 5) is 16.3. The SMILES string of the molecule is CC1(CBr)CSc2n(-c3ccccc3)c(=O)c3c4c(sc3[n+]21)CCCC4.[Br-]. The van der Waals surface area contributed by atoms with Crippen LogP contribution in [0.25, 0.3) is 15.9 Å². The van der Waals surface area contributed by atoms with Crippen LogP contribution in [0.2, 0.25) is 0 Å². The Kier molecular flexibility index (Phi) is 5.33. The number of fused-ring (bicyclic) bond motifs is 5. The zero-order valence-corrected chi connectivity index (χ0v) is 19.8. The lowest BCUT2D eigenvalue weighted by atomic mass is 9.97. The van der Waals surface area contributed by atoms with Gasteiger partial charge in [-0.25, -0.2) is 9.36 Å². The van der Waals surface area contributed by atoms with Crippen LogP contribution in [0.1, 0.15) is 30.2 Å². The highest BCUT2D eigenvalue weighted by atomic mass is 79.9. The summed E-state index contributed by atoms with van der Waals surface area (Å²) in [5.41, 5.74) is 2.42. The smallest absolute Gasteiger partial charge is 0.352 e. The second-order valence-electron chi connectivity index (χ2n) is 7.40. The maximum atomic E-state index is 13.7. The van der Waals surface area contributed by atoms with Crippen LogP contribution in [-0.4, -0.2) is 15.7 Å². The molecule has 0 amide bonds. The van der Waals surface area contributed by atoms with Gasteiger partial charge in [-0.2, -0.15) is 4.57 Å². The lowest BCUT2D eigenvalue weighted by Gasteiger charge is -2.19. The fraction of sp³-hybridized carbons (Fsp3) is 0.400. The first-order chi connectivity index (χ1) is 12.6. The average molecular weight is 528 g/mol. The van der Waals surface area contributed by atoms with Crippen molar-refractivity contribution < 1.29 is 21.5 Å². The molecule has 1 atom stereocenters. The number of thiophene rings is 1. The Hall–Kier alpha value is -0.630. The maximum Gasteiger partial charge on any atom is 0.352 e. The molecule has 7 heteroatoms. The lowest BCUT2D eigenvalue weighted by Crippen LogP contribution is -3.00. The Morgan fingerprint density at radius 1 is 1.22 bits per heavy atom. The van der Waals surface area contributed by atoms with Crippen molar-refractivity contribution in [1.29, 1.82) is 0 Å². The summed E-state index contributed by atoms with van der Waals surface area (Å²) in [7, 11) is 0. The van der Waals surface area contributed by atoms with Crippen molar-refractivity contribution in [3.05, 3.63) is 51.1 Å². The molecule has 1 aliphatic carbocycles. The molecular formula is C20H20Br2N2OS2. The van der Waals surface area contributed by atoms with Gasteiger partial charge in [0.25, 0.3) is 0 Å². The minimum atomic E-state index is -0.0179. The number of thioether (sulfide) groups is 1. The van der Waals surface area contributed by atoms with E-state index in [1.165, 1.54) is 28.1 Å². The van der Waals surface area contributed by atoms with Crippen LogP contribution in [0.5, 0.6) is 0 Å². The molecule has 0 saturated heterocycles. The molecule has 1 aliphatic heterocycles. The molecule has 3 aromatic rings. The normalized spacial score (nSPS) is 21.0. The van der Waals surface area contributed by atoms with E-state index in [0.29, 0.717) is 0 Å². The molecule has 2 aliphatic rings. The third-order valence-electron chi connectivity index (χ3n) is 5.51. The van der Waals surface area contributed by atoms with Crippen molar-refractivity contribution in [1.82, 2.24) is 4.57 Å². The van der Waals surface area contributed by atoms with E-state index in [0.717, 1.165) is 40.2 Å². The minimum absolute atomic E-state index is 0. The van der Waals surface area contributed by atoms with Crippen molar-refractivity contribution in [2.75, 3.05) is 11.1 Å². The van der Waals surface area contributed by atoms with Crippen molar-refractivity contribution in [3.8, 4) is 5.69 Å². The van der Waals surface area contributed by atoms with Crippen molar-refractivity contribution in [2.24, 2.45) is 0 Å². The van der Waals surface area contributed by atoms with Gasteiger partial charge in [-0.1, -0.05) is 45.5 Å². The molecule has 0 spiro atoms. The van der Waals surface area contributed by atoms with Crippen molar-refractivity contribution in [3.63, 3.8) is 0 Å². The van der Waals surface area contributed by atoms with Crippen molar-refractivity contribution >= 4 is 49.2 Å². The summed E-state index contributed by atoms with van der Waals surface area (Å²) >= 11 is 7.40. The second-order valence-corrected chi connectivity index (χ2v) is 9.99. The van der Waals surface area contributed by atoms with Crippen LogP contribution < -0.4 is 27.1 Å². The van der Waals surface area contributed by atoms with Gasteiger partial charge in [-0.15, -0.1) is 0 Å². The number of halogens is 2. The van der Waals surface area contributed by atoms with E-state index < -0.39 is 0 Å². The molecule has 142 valence electrons. The first kappa shape index (κ1) is 19.7. The Balaban J connectivity index is 0.00000180. The number of hydrogen-bond donors (Lipinski definition) is 0. The average Bonchev–Trinajstić information content (AvgIpc) is 3.22. The standard InChI is InChI=1S/C20H20BrN2OS2.BrH/c1-20(11-21)12-25-19-22(13-7-3-2-4-8-13)17(24)16-14-9-5-6-10-15(14)26-18(16)23(19)20;/h2-4,7-8H,5-6,9-12H2,1H3;1H/q+1;/p-1. The van der Waals surface area contributed by atoms with E-state index >= 15 is 0 Å². The van der Waals surface area contributed by atoms with E-state index in [-0.39, 0.29) is 28.1 Å². The van der Waals surface area contributed by atoms with Crippen LogP contribution in [0.4, 0.5) is 0 Å². The monoisotopic (exact) mass is 526 g/mol. The topological polar surface area (TPSA) is 25.9 Å². The molecule has 2 aromatic heterocycles. The number of alkyl halides is 1.